The molecular weight excluding hydrogens is 432 g/mol. The van der Waals surface area contributed by atoms with Gasteiger partial charge in [0.1, 0.15) is 0 Å². The van der Waals surface area contributed by atoms with E-state index in [1.165, 1.54) is 12.7 Å². The van der Waals surface area contributed by atoms with Crippen LogP contribution in [-0.2, 0) is 19.5 Å². The van der Waals surface area contributed by atoms with Gasteiger partial charge in [0.05, 0.1) is 43.8 Å². The van der Waals surface area contributed by atoms with Gasteiger partial charge in [-0.2, -0.15) is 5.10 Å². The molecule has 1 aliphatic carbocycles. The molecule has 1 amide bonds. The van der Waals surface area contributed by atoms with E-state index in [0.29, 0.717) is 38.0 Å². The Labute approximate surface area is 188 Å². The first-order valence-electron chi connectivity index (χ1n) is 11.2. The molecule has 0 spiro atoms. The number of aromatic nitrogens is 2. The van der Waals surface area contributed by atoms with Crippen molar-refractivity contribution in [1.29, 1.82) is 0 Å². The van der Waals surface area contributed by atoms with Crippen LogP contribution in [0.3, 0.4) is 0 Å². The van der Waals surface area contributed by atoms with Crippen molar-refractivity contribution in [2.75, 3.05) is 33.1 Å². The second kappa shape index (κ2) is 9.76. The number of ether oxygens (including phenoxy) is 2. The second-order valence-corrected chi connectivity index (χ2v) is 10.8. The van der Waals surface area contributed by atoms with Crippen LogP contribution >= 0.6 is 0 Å². The summed E-state index contributed by atoms with van der Waals surface area (Å²) in [6, 6.07) is 6.17. The van der Waals surface area contributed by atoms with Crippen molar-refractivity contribution in [2.24, 2.45) is 5.92 Å². The van der Waals surface area contributed by atoms with Crippen LogP contribution in [0.4, 0.5) is 4.79 Å². The lowest BCUT2D eigenvalue weighted by Crippen LogP contribution is -2.56. The number of likely N-dealkylation sites (tertiary alicyclic amines) is 1. The topological polar surface area (TPSA) is 114 Å². The minimum atomic E-state index is -3.36. The van der Waals surface area contributed by atoms with Gasteiger partial charge in [-0.1, -0.05) is 6.07 Å². The van der Waals surface area contributed by atoms with Crippen molar-refractivity contribution < 1.29 is 22.7 Å². The van der Waals surface area contributed by atoms with Crippen molar-refractivity contribution in [3.8, 4) is 0 Å². The van der Waals surface area contributed by atoms with Gasteiger partial charge in [0, 0.05) is 18.5 Å². The lowest BCUT2D eigenvalue weighted by Gasteiger charge is -2.38. The summed E-state index contributed by atoms with van der Waals surface area (Å²) >= 11 is 0. The van der Waals surface area contributed by atoms with E-state index in [1.807, 2.05) is 6.20 Å². The molecule has 1 aromatic heterocycles. The molecule has 2 atom stereocenters. The van der Waals surface area contributed by atoms with Crippen molar-refractivity contribution >= 4 is 27.0 Å². The Morgan fingerprint density at radius 1 is 1.25 bits per heavy atom. The van der Waals surface area contributed by atoms with E-state index >= 15 is 0 Å². The normalized spacial score (nSPS) is 26.9. The van der Waals surface area contributed by atoms with Crippen LogP contribution in [0.5, 0.6) is 0 Å². The molecule has 4 rings (SSSR count). The maximum atomic E-state index is 11.9. The van der Waals surface area contributed by atoms with E-state index in [2.05, 4.69) is 33.1 Å². The van der Waals surface area contributed by atoms with Crippen LogP contribution in [0.25, 0.3) is 10.9 Å². The Kier molecular flexibility index (Phi) is 7.02. The van der Waals surface area contributed by atoms with E-state index in [0.717, 1.165) is 42.8 Å². The molecular formula is C22H32N4O5S. The molecule has 2 heterocycles. The van der Waals surface area contributed by atoms with E-state index < -0.39 is 22.2 Å². The average molecular weight is 465 g/mol. The fourth-order valence-electron chi connectivity index (χ4n) is 4.93. The minimum absolute atomic E-state index is 0.319. The highest BCUT2D eigenvalue weighted by Crippen LogP contribution is 2.37. The van der Waals surface area contributed by atoms with Crippen molar-refractivity contribution in [3.05, 3.63) is 30.0 Å². The molecule has 1 aromatic carbocycles. The summed E-state index contributed by atoms with van der Waals surface area (Å²) in [7, 11) is -2.01. The van der Waals surface area contributed by atoms with Gasteiger partial charge in [0.15, 0.2) is 0 Å². The monoisotopic (exact) mass is 464 g/mol. The SMILES string of the molecule is COC(=O)N1CC[C@H](NS(C)(=O)=O)[C@H](OCC2CCC(c3ccc4[nH]ncc4c3)CC2)C1. The molecule has 32 heavy (non-hydrogen) atoms. The summed E-state index contributed by atoms with van der Waals surface area (Å²) in [5, 5.41) is 8.24. The Morgan fingerprint density at radius 3 is 2.75 bits per heavy atom. The van der Waals surface area contributed by atoms with Crippen molar-refractivity contribution in [2.45, 2.75) is 50.2 Å². The lowest BCUT2D eigenvalue weighted by molar-refractivity contribution is -0.0330. The minimum Gasteiger partial charge on any atom is -0.453 e. The van der Waals surface area contributed by atoms with Crippen LogP contribution in [0.2, 0.25) is 0 Å². The van der Waals surface area contributed by atoms with Gasteiger partial charge < -0.3 is 14.4 Å². The molecule has 0 unspecified atom stereocenters. The highest BCUT2D eigenvalue weighted by atomic mass is 32.2. The Morgan fingerprint density at radius 2 is 2.03 bits per heavy atom. The van der Waals surface area contributed by atoms with E-state index in [9.17, 15) is 13.2 Å². The number of hydrogen-bond donors (Lipinski definition) is 2. The number of carbonyl (C=O) groups excluding carboxylic acids is 1. The zero-order valence-electron chi connectivity index (χ0n) is 18.6. The van der Waals surface area contributed by atoms with Crippen LogP contribution in [0.15, 0.2) is 24.4 Å². The highest BCUT2D eigenvalue weighted by molar-refractivity contribution is 7.88. The molecule has 2 fully saturated rings. The number of aromatic amines is 1. The number of H-pyrrole nitrogens is 1. The lowest BCUT2D eigenvalue weighted by atomic mass is 9.79. The number of carbonyl (C=O) groups is 1. The predicted molar refractivity (Wildman–Crippen MR) is 121 cm³/mol. The number of nitrogens with zero attached hydrogens (tertiary/aromatic N) is 2. The van der Waals surface area contributed by atoms with Gasteiger partial charge >= 0.3 is 6.09 Å². The molecule has 10 heteroatoms. The third-order valence-corrected chi connectivity index (χ3v) is 7.42. The fourth-order valence-corrected chi connectivity index (χ4v) is 5.75. The Balaban J connectivity index is 1.32. The van der Waals surface area contributed by atoms with Crippen molar-refractivity contribution in [3.63, 3.8) is 0 Å². The summed E-state index contributed by atoms with van der Waals surface area (Å²) in [4.78, 5) is 13.5. The molecule has 0 bridgehead atoms. The number of methoxy groups -OCH3 is 1. The zero-order chi connectivity index (χ0) is 22.7. The number of fused-ring (bicyclic) bond motifs is 1. The largest absolute Gasteiger partial charge is 0.453 e. The number of hydrogen-bond acceptors (Lipinski definition) is 6. The summed E-state index contributed by atoms with van der Waals surface area (Å²) in [6.07, 6.45) is 7.03. The first kappa shape index (κ1) is 23.0. The van der Waals surface area contributed by atoms with Crippen LogP contribution < -0.4 is 4.72 Å². The van der Waals surface area contributed by atoms with Crippen LogP contribution in [-0.4, -0.2) is 74.8 Å². The van der Waals surface area contributed by atoms with Crippen LogP contribution in [0, 0.1) is 5.92 Å². The fraction of sp³-hybridized carbons (Fsp3) is 0.636. The number of piperidine rings is 1. The predicted octanol–water partition coefficient (Wildman–Crippen LogP) is 2.61. The van der Waals surface area contributed by atoms with E-state index in [1.54, 1.807) is 4.90 Å². The number of sulfonamides is 1. The molecule has 9 nitrogen and oxygen atoms in total. The molecule has 0 radical (unpaired) electrons. The summed E-state index contributed by atoms with van der Waals surface area (Å²) in [6.45, 7) is 1.32. The van der Waals surface area contributed by atoms with Crippen LogP contribution in [0.1, 0.15) is 43.6 Å². The molecule has 1 aliphatic heterocycles. The third-order valence-electron chi connectivity index (χ3n) is 6.69. The first-order chi connectivity index (χ1) is 15.3. The third kappa shape index (κ3) is 5.60. The summed E-state index contributed by atoms with van der Waals surface area (Å²) < 4.78 is 37.3. The maximum Gasteiger partial charge on any atom is 0.409 e. The molecule has 176 valence electrons. The molecule has 1 saturated heterocycles. The number of rotatable bonds is 6. The Bertz CT molecular complexity index is 1030. The summed E-state index contributed by atoms with van der Waals surface area (Å²) in [5.41, 5.74) is 2.42. The molecule has 2 aliphatic rings. The van der Waals surface area contributed by atoms with E-state index in [-0.39, 0.29) is 6.04 Å². The maximum absolute atomic E-state index is 11.9. The van der Waals surface area contributed by atoms with Gasteiger partial charge in [-0.25, -0.2) is 17.9 Å². The quantitative estimate of drug-likeness (QED) is 0.679. The standard InChI is InChI=1S/C22H32N4O5S/c1-30-22(27)26-10-9-20(25-32(2,28)29)21(13-26)31-14-15-3-5-16(6-4-15)17-7-8-19-18(11-17)12-23-24-19/h7-8,11-12,15-16,20-21,25H,3-6,9-10,13-14H2,1-2H3,(H,23,24)/t15?,16?,20-,21+/m0/s1. The number of nitrogens with one attached hydrogen (secondary N) is 2. The molecule has 1 saturated carbocycles. The smallest absolute Gasteiger partial charge is 0.409 e. The average Bonchev–Trinajstić information content (AvgIpc) is 3.25. The summed E-state index contributed by atoms with van der Waals surface area (Å²) in [5.74, 6) is 0.964. The van der Waals surface area contributed by atoms with Gasteiger partial charge in [-0.15, -0.1) is 0 Å². The highest BCUT2D eigenvalue weighted by Gasteiger charge is 2.35. The van der Waals surface area contributed by atoms with Gasteiger partial charge in [-0.05, 0) is 61.6 Å². The number of benzene rings is 1. The number of amides is 1. The van der Waals surface area contributed by atoms with E-state index in [4.69, 9.17) is 9.47 Å². The van der Waals surface area contributed by atoms with Gasteiger partial charge in [0.2, 0.25) is 10.0 Å². The zero-order valence-corrected chi connectivity index (χ0v) is 19.4. The molecule has 2 N–H and O–H groups in total. The first-order valence-corrected chi connectivity index (χ1v) is 13.1. The molecule has 2 aromatic rings. The second-order valence-electron chi connectivity index (χ2n) is 9.01. The van der Waals surface area contributed by atoms with Gasteiger partial charge in [0.25, 0.3) is 0 Å². The van der Waals surface area contributed by atoms with Crippen molar-refractivity contribution in [1.82, 2.24) is 19.8 Å². The Hall–Kier alpha value is -2.17. The van der Waals surface area contributed by atoms with Gasteiger partial charge in [-0.3, -0.25) is 5.10 Å².